The molecule has 1 amide bonds. The second-order valence-corrected chi connectivity index (χ2v) is 4.45. The van der Waals surface area contributed by atoms with E-state index in [1.807, 2.05) is 6.92 Å². The van der Waals surface area contributed by atoms with Gasteiger partial charge in [0, 0.05) is 19.5 Å². The molecule has 17 heavy (non-hydrogen) atoms. The lowest BCUT2D eigenvalue weighted by Gasteiger charge is -2.21. The van der Waals surface area contributed by atoms with Gasteiger partial charge in [-0.15, -0.1) is 0 Å². The van der Waals surface area contributed by atoms with E-state index in [1.54, 1.807) is 12.1 Å². The molecule has 1 unspecified atom stereocenters. The van der Waals surface area contributed by atoms with Gasteiger partial charge in [-0.05, 0) is 25.1 Å². The van der Waals surface area contributed by atoms with Gasteiger partial charge in [0.25, 0.3) is 5.91 Å². The van der Waals surface area contributed by atoms with Crippen LogP contribution in [0.3, 0.4) is 0 Å². The topological polar surface area (TPSA) is 74.5 Å². The molecule has 0 saturated carbocycles. The normalized spacial score (nSPS) is 23.9. The van der Waals surface area contributed by atoms with Crippen LogP contribution in [0.15, 0.2) is 16.5 Å². The molecule has 1 aromatic rings. The molecule has 1 aliphatic heterocycles. The largest absolute Gasteiger partial charge is 0.456 e. The van der Waals surface area contributed by atoms with Gasteiger partial charge in [-0.1, -0.05) is 6.92 Å². The summed E-state index contributed by atoms with van der Waals surface area (Å²) in [6.45, 7) is 3.52. The van der Waals surface area contributed by atoms with Crippen molar-refractivity contribution in [3.05, 3.63) is 23.7 Å². The molecular weight excluding hydrogens is 220 g/mol. The molecule has 94 valence electrons. The van der Waals surface area contributed by atoms with Gasteiger partial charge in [0.15, 0.2) is 5.76 Å². The Labute approximate surface area is 100 Å². The number of hydrogen-bond donors (Lipinski definition) is 3. The van der Waals surface area contributed by atoms with Crippen molar-refractivity contribution in [3.8, 4) is 0 Å². The number of aryl methyl sites for hydroxylation is 1. The summed E-state index contributed by atoms with van der Waals surface area (Å²) in [6, 6.07) is 3.45. The van der Waals surface area contributed by atoms with E-state index in [1.165, 1.54) is 0 Å². The standard InChI is InChI=1S/C12H18N2O3/c1-2-9-3-4-10(17-9)11(15)14-8-12(16)5-6-13-7-12/h3-4,13,16H,2,5-8H2,1H3,(H,14,15). The van der Waals surface area contributed by atoms with Crippen LogP contribution >= 0.6 is 0 Å². The van der Waals surface area contributed by atoms with E-state index in [2.05, 4.69) is 10.6 Å². The van der Waals surface area contributed by atoms with Crippen LogP contribution in [-0.2, 0) is 6.42 Å². The van der Waals surface area contributed by atoms with E-state index < -0.39 is 5.60 Å². The monoisotopic (exact) mass is 238 g/mol. The number of β-amino-alcohol motifs (C(OH)–C–C–N with tert-alkyl or cyclic N) is 1. The molecule has 0 radical (unpaired) electrons. The Bertz CT molecular complexity index is 394. The van der Waals surface area contributed by atoms with Crippen molar-refractivity contribution < 1.29 is 14.3 Å². The SMILES string of the molecule is CCc1ccc(C(=O)NCC2(O)CCNC2)o1. The highest BCUT2D eigenvalue weighted by molar-refractivity contribution is 5.91. The number of nitrogens with one attached hydrogen (secondary N) is 2. The van der Waals surface area contributed by atoms with E-state index in [4.69, 9.17) is 4.42 Å². The third-order valence-electron chi connectivity index (χ3n) is 3.03. The molecule has 3 N–H and O–H groups in total. The summed E-state index contributed by atoms with van der Waals surface area (Å²) in [6.07, 6.45) is 1.42. The van der Waals surface area contributed by atoms with Crippen molar-refractivity contribution in [2.24, 2.45) is 0 Å². The lowest BCUT2D eigenvalue weighted by molar-refractivity contribution is 0.0553. The van der Waals surface area contributed by atoms with Crippen molar-refractivity contribution in [1.82, 2.24) is 10.6 Å². The number of furan rings is 1. The minimum atomic E-state index is -0.824. The second-order valence-electron chi connectivity index (χ2n) is 4.45. The summed E-state index contributed by atoms with van der Waals surface area (Å²) < 4.78 is 5.33. The van der Waals surface area contributed by atoms with Gasteiger partial charge in [0.1, 0.15) is 5.76 Å². The van der Waals surface area contributed by atoms with E-state index in [-0.39, 0.29) is 12.5 Å². The first-order valence-corrected chi connectivity index (χ1v) is 5.93. The quantitative estimate of drug-likeness (QED) is 0.705. The Balaban J connectivity index is 1.88. The molecule has 0 bridgehead atoms. The van der Waals surface area contributed by atoms with E-state index >= 15 is 0 Å². The highest BCUT2D eigenvalue weighted by atomic mass is 16.4. The summed E-state index contributed by atoms with van der Waals surface area (Å²) in [4.78, 5) is 11.7. The fourth-order valence-electron chi connectivity index (χ4n) is 1.90. The van der Waals surface area contributed by atoms with Crippen LogP contribution in [0.4, 0.5) is 0 Å². The number of carbonyl (C=O) groups excluding carboxylic acids is 1. The number of aliphatic hydroxyl groups is 1. The fourth-order valence-corrected chi connectivity index (χ4v) is 1.90. The maximum Gasteiger partial charge on any atom is 0.287 e. The average molecular weight is 238 g/mol. The lowest BCUT2D eigenvalue weighted by atomic mass is 10.0. The first-order chi connectivity index (χ1) is 8.13. The number of carbonyl (C=O) groups is 1. The van der Waals surface area contributed by atoms with E-state index in [0.29, 0.717) is 18.7 Å². The fraction of sp³-hybridized carbons (Fsp3) is 0.583. The third kappa shape index (κ3) is 2.87. The highest BCUT2D eigenvalue weighted by Gasteiger charge is 2.31. The van der Waals surface area contributed by atoms with Gasteiger partial charge in [-0.2, -0.15) is 0 Å². The maximum absolute atomic E-state index is 11.7. The number of amides is 1. The molecule has 1 fully saturated rings. The Kier molecular flexibility index (Phi) is 3.49. The predicted octanol–water partition coefficient (Wildman–Crippen LogP) is 0.296. The Morgan fingerprint density at radius 2 is 2.47 bits per heavy atom. The molecule has 1 saturated heterocycles. The zero-order valence-electron chi connectivity index (χ0n) is 9.95. The zero-order chi connectivity index (χ0) is 12.3. The second kappa shape index (κ2) is 4.89. The number of rotatable bonds is 4. The van der Waals surface area contributed by atoms with Crippen LogP contribution in [0.25, 0.3) is 0 Å². The molecule has 1 atom stereocenters. The van der Waals surface area contributed by atoms with Crippen LogP contribution in [0.5, 0.6) is 0 Å². The van der Waals surface area contributed by atoms with Gasteiger partial charge in [0.2, 0.25) is 0 Å². The zero-order valence-corrected chi connectivity index (χ0v) is 9.95. The molecule has 0 aromatic carbocycles. The Morgan fingerprint density at radius 3 is 3.06 bits per heavy atom. The Morgan fingerprint density at radius 1 is 1.65 bits per heavy atom. The summed E-state index contributed by atoms with van der Waals surface area (Å²) in [5.74, 6) is 0.817. The molecule has 2 rings (SSSR count). The predicted molar refractivity (Wildman–Crippen MR) is 62.9 cm³/mol. The lowest BCUT2D eigenvalue weighted by Crippen LogP contribution is -2.44. The molecule has 2 heterocycles. The van der Waals surface area contributed by atoms with Crippen molar-refractivity contribution >= 4 is 5.91 Å². The van der Waals surface area contributed by atoms with Gasteiger partial charge in [-0.25, -0.2) is 0 Å². The van der Waals surface area contributed by atoms with Crippen LogP contribution in [0, 0.1) is 0 Å². The highest BCUT2D eigenvalue weighted by Crippen LogP contribution is 2.13. The molecule has 1 aliphatic rings. The van der Waals surface area contributed by atoms with Crippen molar-refractivity contribution in [3.63, 3.8) is 0 Å². The first kappa shape index (κ1) is 12.1. The minimum absolute atomic E-state index is 0.251. The van der Waals surface area contributed by atoms with Crippen molar-refractivity contribution in [1.29, 1.82) is 0 Å². The molecule has 0 spiro atoms. The van der Waals surface area contributed by atoms with Crippen LogP contribution in [-0.4, -0.2) is 36.2 Å². The summed E-state index contributed by atoms with van der Waals surface area (Å²) in [5.41, 5.74) is -0.824. The van der Waals surface area contributed by atoms with Crippen molar-refractivity contribution in [2.45, 2.75) is 25.4 Å². The minimum Gasteiger partial charge on any atom is -0.456 e. The molecule has 1 aromatic heterocycles. The summed E-state index contributed by atoms with van der Waals surface area (Å²) >= 11 is 0. The van der Waals surface area contributed by atoms with Gasteiger partial charge >= 0.3 is 0 Å². The molecule has 5 nitrogen and oxygen atoms in total. The molecule has 5 heteroatoms. The third-order valence-corrected chi connectivity index (χ3v) is 3.03. The van der Waals surface area contributed by atoms with E-state index in [9.17, 15) is 9.90 Å². The van der Waals surface area contributed by atoms with E-state index in [0.717, 1.165) is 18.7 Å². The van der Waals surface area contributed by atoms with Crippen molar-refractivity contribution in [2.75, 3.05) is 19.6 Å². The number of hydrogen-bond acceptors (Lipinski definition) is 4. The molecular formula is C12H18N2O3. The van der Waals surface area contributed by atoms with Crippen LogP contribution < -0.4 is 10.6 Å². The average Bonchev–Trinajstić information content (AvgIpc) is 2.95. The Hall–Kier alpha value is -1.33. The summed E-state index contributed by atoms with van der Waals surface area (Å²) in [5, 5.41) is 15.8. The van der Waals surface area contributed by atoms with Crippen LogP contribution in [0.2, 0.25) is 0 Å². The van der Waals surface area contributed by atoms with Gasteiger partial charge in [0.05, 0.1) is 5.60 Å². The van der Waals surface area contributed by atoms with Gasteiger partial charge < -0.3 is 20.2 Å². The maximum atomic E-state index is 11.7. The van der Waals surface area contributed by atoms with Gasteiger partial charge in [-0.3, -0.25) is 4.79 Å². The summed E-state index contributed by atoms with van der Waals surface area (Å²) in [7, 11) is 0. The van der Waals surface area contributed by atoms with Crippen LogP contribution in [0.1, 0.15) is 29.7 Å². The molecule has 0 aliphatic carbocycles. The first-order valence-electron chi connectivity index (χ1n) is 5.93. The smallest absolute Gasteiger partial charge is 0.287 e.